The van der Waals surface area contributed by atoms with Crippen molar-refractivity contribution in [2.75, 3.05) is 13.7 Å². The highest BCUT2D eigenvalue weighted by atomic mass is 16.5. The summed E-state index contributed by atoms with van der Waals surface area (Å²) in [6.07, 6.45) is 4.20. The number of hydrogen-bond acceptors (Lipinski definition) is 3. The van der Waals surface area contributed by atoms with Crippen LogP contribution < -0.4 is 14.8 Å². The number of methoxy groups -OCH3 is 1. The van der Waals surface area contributed by atoms with Crippen LogP contribution in [0.2, 0.25) is 0 Å². The summed E-state index contributed by atoms with van der Waals surface area (Å²) in [4.78, 5) is 12.4. The first-order valence-corrected chi connectivity index (χ1v) is 9.01. The Balaban J connectivity index is 1.47. The van der Waals surface area contributed by atoms with Crippen molar-refractivity contribution in [2.24, 2.45) is 0 Å². The second kappa shape index (κ2) is 7.54. The zero-order valence-electron chi connectivity index (χ0n) is 15.1. The number of carbonyl (C=O) groups is 1. The normalized spacial score (nSPS) is 16.0. The van der Waals surface area contributed by atoms with Gasteiger partial charge in [-0.15, -0.1) is 0 Å². The molecule has 4 rings (SSSR count). The molecule has 0 unspecified atom stereocenters. The van der Waals surface area contributed by atoms with Crippen LogP contribution >= 0.6 is 0 Å². The first-order valence-electron chi connectivity index (χ1n) is 9.01. The van der Waals surface area contributed by atoms with Crippen LogP contribution in [-0.4, -0.2) is 19.6 Å². The van der Waals surface area contributed by atoms with Crippen molar-refractivity contribution in [1.29, 1.82) is 0 Å². The fourth-order valence-corrected chi connectivity index (χ4v) is 3.36. The number of benzene rings is 3. The zero-order chi connectivity index (χ0) is 18.6. The molecule has 0 aromatic heterocycles. The van der Waals surface area contributed by atoms with Crippen molar-refractivity contribution in [3.8, 4) is 11.5 Å². The van der Waals surface area contributed by atoms with Gasteiger partial charge in [-0.05, 0) is 46.7 Å². The summed E-state index contributed by atoms with van der Waals surface area (Å²) in [5, 5.41) is 5.29. The van der Waals surface area contributed by atoms with Gasteiger partial charge in [0, 0.05) is 18.1 Å². The minimum atomic E-state index is -0.105. The summed E-state index contributed by atoms with van der Waals surface area (Å²) in [7, 11) is 1.66. The first-order chi connectivity index (χ1) is 13.2. The highest BCUT2D eigenvalue weighted by Crippen LogP contribution is 2.31. The smallest absolute Gasteiger partial charge is 0.244 e. The molecule has 0 saturated heterocycles. The molecule has 0 spiro atoms. The van der Waals surface area contributed by atoms with Gasteiger partial charge in [0.1, 0.15) is 11.5 Å². The molecule has 27 heavy (non-hydrogen) atoms. The van der Waals surface area contributed by atoms with Crippen molar-refractivity contribution in [3.05, 3.63) is 77.9 Å². The fraction of sp³-hybridized carbons (Fsp3) is 0.174. The highest BCUT2D eigenvalue weighted by Gasteiger charge is 2.21. The fourth-order valence-electron chi connectivity index (χ4n) is 3.36. The van der Waals surface area contributed by atoms with Gasteiger partial charge in [-0.3, -0.25) is 4.79 Å². The van der Waals surface area contributed by atoms with E-state index in [1.165, 1.54) is 0 Å². The summed E-state index contributed by atoms with van der Waals surface area (Å²) < 4.78 is 10.9. The van der Waals surface area contributed by atoms with Gasteiger partial charge in [-0.25, -0.2) is 0 Å². The molecule has 1 amide bonds. The van der Waals surface area contributed by atoms with E-state index < -0.39 is 0 Å². The molecule has 1 atom stereocenters. The Hall–Kier alpha value is -3.27. The number of rotatable bonds is 4. The van der Waals surface area contributed by atoms with E-state index in [4.69, 9.17) is 9.47 Å². The standard InChI is InChI=1S/C23H21NO3/c1-26-19-10-9-17-14-16(6-8-18(17)15-19)7-11-23(25)24-21-12-13-27-22-5-3-2-4-20(21)22/h2-11,14-15,21H,12-13H2,1H3,(H,24,25)/b11-7+/t21-/m0/s1. The van der Waals surface area contributed by atoms with Crippen molar-refractivity contribution in [1.82, 2.24) is 5.32 Å². The molecule has 0 radical (unpaired) electrons. The number of amides is 1. The topological polar surface area (TPSA) is 47.6 Å². The molecule has 4 nitrogen and oxygen atoms in total. The molecule has 136 valence electrons. The molecule has 0 saturated carbocycles. The Morgan fingerprint density at radius 3 is 2.81 bits per heavy atom. The summed E-state index contributed by atoms with van der Waals surface area (Å²) in [5.74, 6) is 1.58. The maximum absolute atomic E-state index is 12.4. The Morgan fingerprint density at radius 2 is 1.93 bits per heavy atom. The predicted octanol–water partition coefficient (Wildman–Crippen LogP) is 4.50. The Labute approximate surface area is 158 Å². The number of nitrogens with one attached hydrogen (secondary N) is 1. The Bertz CT molecular complexity index is 1010. The number of carbonyl (C=O) groups excluding carboxylic acids is 1. The second-order valence-corrected chi connectivity index (χ2v) is 6.54. The third-order valence-electron chi connectivity index (χ3n) is 4.77. The molecule has 1 N–H and O–H groups in total. The lowest BCUT2D eigenvalue weighted by Crippen LogP contribution is -2.30. The van der Waals surface area contributed by atoms with Crippen LogP contribution in [0.5, 0.6) is 11.5 Å². The van der Waals surface area contributed by atoms with E-state index >= 15 is 0 Å². The van der Waals surface area contributed by atoms with Crippen LogP contribution in [0, 0.1) is 0 Å². The first kappa shape index (κ1) is 17.2. The third kappa shape index (κ3) is 3.80. The predicted molar refractivity (Wildman–Crippen MR) is 107 cm³/mol. The minimum absolute atomic E-state index is 0.0174. The lowest BCUT2D eigenvalue weighted by molar-refractivity contribution is -0.117. The van der Waals surface area contributed by atoms with Crippen molar-refractivity contribution in [3.63, 3.8) is 0 Å². The highest BCUT2D eigenvalue weighted by molar-refractivity contribution is 5.93. The van der Waals surface area contributed by atoms with Crippen molar-refractivity contribution in [2.45, 2.75) is 12.5 Å². The van der Waals surface area contributed by atoms with Crippen LogP contribution in [0.4, 0.5) is 0 Å². The van der Waals surface area contributed by atoms with Gasteiger partial charge in [0.15, 0.2) is 0 Å². The second-order valence-electron chi connectivity index (χ2n) is 6.54. The van der Waals surface area contributed by atoms with Crippen LogP contribution in [0.15, 0.2) is 66.7 Å². The van der Waals surface area contributed by atoms with Gasteiger partial charge in [0.2, 0.25) is 5.91 Å². The lowest BCUT2D eigenvalue weighted by atomic mass is 10.0. The third-order valence-corrected chi connectivity index (χ3v) is 4.77. The number of fused-ring (bicyclic) bond motifs is 2. The minimum Gasteiger partial charge on any atom is -0.497 e. The summed E-state index contributed by atoms with van der Waals surface area (Å²) in [5.41, 5.74) is 2.01. The quantitative estimate of drug-likeness (QED) is 0.698. The summed E-state index contributed by atoms with van der Waals surface area (Å²) in [6, 6.07) is 19.9. The van der Waals surface area contributed by atoms with E-state index in [2.05, 4.69) is 11.4 Å². The van der Waals surface area contributed by atoms with Gasteiger partial charge >= 0.3 is 0 Å². The Kier molecular flexibility index (Phi) is 4.79. The van der Waals surface area contributed by atoms with E-state index in [1.807, 2.05) is 60.7 Å². The molecule has 3 aromatic rings. The summed E-state index contributed by atoms with van der Waals surface area (Å²) >= 11 is 0. The molecule has 3 aromatic carbocycles. The molecule has 0 bridgehead atoms. The molecule has 4 heteroatoms. The zero-order valence-corrected chi connectivity index (χ0v) is 15.1. The van der Waals surface area contributed by atoms with E-state index in [-0.39, 0.29) is 11.9 Å². The SMILES string of the molecule is COc1ccc2cc(/C=C/C(=O)N[C@H]3CCOc4ccccc43)ccc2c1. The van der Waals surface area contributed by atoms with Crippen LogP contribution in [0.3, 0.4) is 0 Å². The molecule has 1 aliphatic rings. The summed E-state index contributed by atoms with van der Waals surface area (Å²) in [6.45, 7) is 0.611. The molecule has 0 fully saturated rings. The number of para-hydroxylation sites is 1. The van der Waals surface area contributed by atoms with Gasteiger partial charge in [0.25, 0.3) is 0 Å². The molecular formula is C23H21NO3. The van der Waals surface area contributed by atoms with Gasteiger partial charge in [-0.2, -0.15) is 0 Å². The largest absolute Gasteiger partial charge is 0.497 e. The van der Waals surface area contributed by atoms with E-state index in [1.54, 1.807) is 13.2 Å². The lowest BCUT2D eigenvalue weighted by Gasteiger charge is -2.26. The average Bonchev–Trinajstić information content (AvgIpc) is 2.72. The Morgan fingerprint density at radius 1 is 1.11 bits per heavy atom. The average molecular weight is 359 g/mol. The van der Waals surface area contributed by atoms with Crippen molar-refractivity contribution >= 4 is 22.8 Å². The van der Waals surface area contributed by atoms with E-state index in [9.17, 15) is 4.79 Å². The van der Waals surface area contributed by atoms with E-state index in [0.29, 0.717) is 6.61 Å². The van der Waals surface area contributed by atoms with Gasteiger partial charge < -0.3 is 14.8 Å². The van der Waals surface area contributed by atoms with Gasteiger partial charge in [0.05, 0.1) is 19.8 Å². The van der Waals surface area contributed by atoms with Crippen molar-refractivity contribution < 1.29 is 14.3 Å². The molecule has 1 heterocycles. The maximum Gasteiger partial charge on any atom is 0.244 e. The van der Waals surface area contributed by atoms with Crippen LogP contribution in [0.1, 0.15) is 23.6 Å². The number of hydrogen-bond donors (Lipinski definition) is 1. The molecular weight excluding hydrogens is 338 g/mol. The van der Waals surface area contributed by atoms with E-state index in [0.717, 1.165) is 39.8 Å². The molecule has 1 aliphatic heterocycles. The monoisotopic (exact) mass is 359 g/mol. The van der Waals surface area contributed by atoms with Crippen LogP contribution in [-0.2, 0) is 4.79 Å². The van der Waals surface area contributed by atoms with Gasteiger partial charge in [-0.1, -0.05) is 36.4 Å². The van der Waals surface area contributed by atoms with Crippen LogP contribution in [0.25, 0.3) is 16.8 Å². The molecule has 0 aliphatic carbocycles. The maximum atomic E-state index is 12.4. The number of ether oxygens (including phenoxy) is 2.